The van der Waals surface area contributed by atoms with Gasteiger partial charge in [-0.15, -0.1) is 0 Å². The molecule has 0 aliphatic heterocycles. The highest BCUT2D eigenvalue weighted by Crippen LogP contribution is 2.24. The molecule has 0 bridgehead atoms. The van der Waals surface area contributed by atoms with Crippen LogP contribution in [0.1, 0.15) is 48.9 Å². The van der Waals surface area contributed by atoms with E-state index in [1.807, 2.05) is 18.2 Å². The first-order valence-electron chi connectivity index (χ1n) is 6.71. The number of carbonyl (C=O) groups excluding carboxylic acids is 1. The van der Waals surface area contributed by atoms with Crippen LogP contribution in [0, 0.1) is 0 Å². The van der Waals surface area contributed by atoms with E-state index in [2.05, 4.69) is 6.58 Å². The predicted molar refractivity (Wildman–Crippen MR) is 72.5 cm³/mol. The SMILES string of the molecule is C=C1CCCCCCC1OC(=O)c1ccccc1. The van der Waals surface area contributed by atoms with Gasteiger partial charge in [-0.2, -0.15) is 0 Å². The molecule has 0 N–H and O–H groups in total. The van der Waals surface area contributed by atoms with E-state index in [1.54, 1.807) is 12.1 Å². The number of hydrogen-bond acceptors (Lipinski definition) is 2. The lowest BCUT2D eigenvalue weighted by atomic mass is 9.95. The molecule has 2 rings (SSSR count). The minimum atomic E-state index is -0.234. The zero-order valence-corrected chi connectivity index (χ0v) is 10.7. The molecule has 1 unspecified atom stereocenters. The Morgan fingerprint density at radius 2 is 1.83 bits per heavy atom. The van der Waals surface area contributed by atoms with Crippen LogP contribution in [0.3, 0.4) is 0 Å². The van der Waals surface area contributed by atoms with Crippen LogP contribution in [-0.2, 0) is 4.74 Å². The Hall–Kier alpha value is -1.57. The topological polar surface area (TPSA) is 26.3 Å². The lowest BCUT2D eigenvalue weighted by Gasteiger charge is -2.22. The van der Waals surface area contributed by atoms with Crippen LogP contribution >= 0.6 is 0 Å². The maximum absolute atomic E-state index is 12.0. The number of rotatable bonds is 2. The average molecular weight is 244 g/mol. The Morgan fingerprint density at radius 3 is 2.61 bits per heavy atom. The van der Waals surface area contributed by atoms with Crippen molar-refractivity contribution in [3.05, 3.63) is 48.0 Å². The van der Waals surface area contributed by atoms with Gasteiger partial charge in [-0.1, -0.05) is 37.6 Å². The van der Waals surface area contributed by atoms with E-state index in [0.29, 0.717) is 5.56 Å². The molecule has 0 saturated heterocycles. The molecular weight excluding hydrogens is 224 g/mol. The maximum Gasteiger partial charge on any atom is 0.338 e. The first kappa shape index (κ1) is 12.9. The van der Waals surface area contributed by atoms with Crippen LogP contribution in [0.15, 0.2) is 42.5 Å². The Kier molecular flexibility index (Phi) is 4.57. The quantitative estimate of drug-likeness (QED) is 0.577. The molecule has 0 amide bonds. The van der Waals surface area contributed by atoms with Gasteiger partial charge in [0.2, 0.25) is 0 Å². The van der Waals surface area contributed by atoms with Crippen molar-refractivity contribution in [1.29, 1.82) is 0 Å². The highest BCUT2D eigenvalue weighted by atomic mass is 16.5. The van der Waals surface area contributed by atoms with Gasteiger partial charge in [0.25, 0.3) is 0 Å². The number of ether oxygens (including phenoxy) is 1. The van der Waals surface area contributed by atoms with Crippen LogP contribution in [0.5, 0.6) is 0 Å². The molecule has 1 aliphatic rings. The summed E-state index contributed by atoms with van der Waals surface area (Å²) in [7, 11) is 0. The van der Waals surface area contributed by atoms with Crippen LogP contribution in [-0.4, -0.2) is 12.1 Å². The second kappa shape index (κ2) is 6.39. The molecule has 2 heteroatoms. The molecule has 0 spiro atoms. The summed E-state index contributed by atoms with van der Waals surface area (Å²) in [6, 6.07) is 9.17. The minimum absolute atomic E-state index is 0.0991. The van der Waals surface area contributed by atoms with Crippen molar-refractivity contribution in [2.45, 2.75) is 44.6 Å². The largest absolute Gasteiger partial charge is 0.454 e. The zero-order valence-electron chi connectivity index (χ0n) is 10.7. The van der Waals surface area contributed by atoms with Crippen molar-refractivity contribution in [3.8, 4) is 0 Å². The Bertz CT molecular complexity index is 408. The monoisotopic (exact) mass is 244 g/mol. The highest BCUT2D eigenvalue weighted by Gasteiger charge is 2.19. The Morgan fingerprint density at radius 1 is 1.11 bits per heavy atom. The molecule has 18 heavy (non-hydrogen) atoms. The first-order chi connectivity index (χ1) is 8.77. The van der Waals surface area contributed by atoms with Gasteiger partial charge in [-0.3, -0.25) is 0 Å². The number of esters is 1. The summed E-state index contributed by atoms with van der Waals surface area (Å²) in [4.78, 5) is 12.0. The third kappa shape index (κ3) is 3.46. The van der Waals surface area contributed by atoms with Crippen LogP contribution in [0.2, 0.25) is 0 Å². The fourth-order valence-corrected chi connectivity index (χ4v) is 2.31. The second-order valence-electron chi connectivity index (χ2n) is 4.87. The minimum Gasteiger partial charge on any atom is -0.454 e. The molecule has 1 aromatic carbocycles. The van der Waals surface area contributed by atoms with Gasteiger partial charge in [0.15, 0.2) is 0 Å². The van der Waals surface area contributed by atoms with E-state index in [1.165, 1.54) is 12.8 Å². The van der Waals surface area contributed by atoms with E-state index < -0.39 is 0 Å². The smallest absolute Gasteiger partial charge is 0.338 e. The van der Waals surface area contributed by atoms with Crippen molar-refractivity contribution in [2.75, 3.05) is 0 Å². The lowest BCUT2D eigenvalue weighted by Crippen LogP contribution is -2.21. The highest BCUT2D eigenvalue weighted by molar-refractivity contribution is 5.89. The van der Waals surface area contributed by atoms with Crippen molar-refractivity contribution in [2.24, 2.45) is 0 Å². The van der Waals surface area contributed by atoms with Crippen molar-refractivity contribution < 1.29 is 9.53 Å². The molecule has 2 nitrogen and oxygen atoms in total. The molecule has 0 radical (unpaired) electrons. The van der Waals surface area contributed by atoms with Crippen LogP contribution in [0.4, 0.5) is 0 Å². The van der Waals surface area contributed by atoms with E-state index in [4.69, 9.17) is 4.74 Å². The normalized spacial score (nSPS) is 20.9. The van der Waals surface area contributed by atoms with Gasteiger partial charge in [0.1, 0.15) is 6.10 Å². The van der Waals surface area contributed by atoms with Gasteiger partial charge in [-0.05, 0) is 43.4 Å². The molecule has 1 fully saturated rings. The fraction of sp³-hybridized carbons (Fsp3) is 0.438. The maximum atomic E-state index is 12.0. The number of hydrogen-bond donors (Lipinski definition) is 0. The summed E-state index contributed by atoms with van der Waals surface area (Å²) in [6.07, 6.45) is 6.57. The summed E-state index contributed by atoms with van der Waals surface area (Å²) in [5.41, 5.74) is 1.69. The molecule has 96 valence electrons. The lowest BCUT2D eigenvalue weighted by molar-refractivity contribution is 0.0343. The Labute approximate surface area is 109 Å². The van der Waals surface area contributed by atoms with Gasteiger partial charge < -0.3 is 4.74 Å². The van der Waals surface area contributed by atoms with Crippen LogP contribution < -0.4 is 0 Å². The zero-order chi connectivity index (χ0) is 12.8. The van der Waals surface area contributed by atoms with Crippen molar-refractivity contribution in [3.63, 3.8) is 0 Å². The van der Waals surface area contributed by atoms with Gasteiger partial charge in [0, 0.05) is 0 Å². The van der Waals surface area contributed by atoms with E-state index in [0.717, 1.165) is 31.3 Å². The molecule has 0 heterocycles. The first-order valence-corrected chi connectivity index (χ1v) is 6.71. The van der Waals surface area contributed by atoms with E-state index in [-0.39, 0.29) is 12.1 Å². The second-order valence-corrected chi connectivity index (χ2v) is 4.87. The van der Waals surface area contributed by atoms with Gasteiger partial charge in [0.05, 0.1) is 5.56 Å². The summed E-state index contributed by atoms with van der Waals surface area (Å²) in [5, 5.41) is 0. The predicted octanol–water partition coefficient (Wildman–Crippen LogP) is 4.12. The Balaban J connectivity index is 1.98. The molecular formula is C16H20O2. The molecule has 1 atom stereocenters. The number of carbonyl (C=O) groups is 1. The molecule has 0 aromatic heterocycles. The fourth-order valence-electron chi connectivity index (χ4n) is 2.31. The molecule has 1 aliphatic carbocycles. The standard InChI is InChI=1S/C16H20O2/c1-13-9-5-2-3-8-12-15(13)18-16(17)14-10-6-4-7-11-14/h4,6-7,10-11,15H,1-3,5,8-9,12H2. The van der Waals surface area contributed by atoms with Crippen LogP contribution in [0.25, 0.3) is 0 Å². The summed E-state index contributed by atoms with van der Waals surface area (Å²) < 4.78 is 5.59. The summed E-state index contributed by atoms with van der Waals surface area (Å²) in [5.74, 6) is -0.234. The van der Waals surface area contributed by atoms with Crippen molar-refractivity contribution in [1.82, 2.24) is 0 Å². The third-order valence-electron chi connectivity index (χ3n) is 3.43. The molecule has 1 aromatic rings. The summed E-state index contributed by atoms with van der Waals surface area (Å²) >= 11 is 0. The average Bonchev–Trinajstić information content (AvgIpc) is 2.39. The van der Waals surface area contributed by atoms with Gasteiger partial charge >= 0.3 is 5.97 Å². The number of benzene rings is 1. The van der Waals surface area contributed by atoms with Crippen molar-refractivity contribution >= 4 is 5.97 Å². The van der Waals surface area contributed by atoms with Gasteiger partial charge in [-0.25, -0.2) is 4.79 Å². The summed E-state index contributed by atoms with van der Waals surface area (Å²) in [6.45, 7) is 4.07. The third-order valence-corrected chi connectivity index (χ3v) is 3.43. The van der Waals surface area contributed by atoms with E-state index >= 15 is 0 Å². The van der Waals surface area contributed by atoms with E-state index in [9.17, 15) is 4.79 Å². The molecule has 1 saturated carbocycles.